The molecule has 0 aliphatic carbocycles. The Morgan fingerprint density at radius 2 is 0.729 bits per heavy atom. The SMILES string of the molecule is c1ccc(-c2ccc3cc(-c4cc(-c5ccc(-c6cccc7ccccc67)cc5)c5ccc6cccc7ccc4c5c67)ccc3c2)cc1. The van der Waals surface area contributed by atoms with Gasteiger partial charge in [-0.05, 0) is 117 Å². The lowest BCUT2D eigenvalue weighted by Crippen LogP contribution is -1.91. The molecule has 0 unspecified atom stereocenters. The molecule has 0 heteroatoms. The van der Waals surface area contributed by atoms with Gasteiger partial charge in [-0.25, -0.2) is 0 Å². The van der Waals surface area contributed by atoms with Gasteiger partial charge in [0, 0.05) is 0 Å². The van der Waals surface area contributed by atoms with Gasteiger partial charge in [0.2, 0.25) is 0 Å². The lowest BCUT2D eigenvalue weighted by Gasteiger charge is -2.18. The minimum absolute atomic E-state index is 1.23. The fourth-order valence-electron chi connectivity index (χ4n) is 7.84. The average molecular weight is 607 g/mol. The molecule has 10 rings (SSSR count). The molecule has 0 saturated carbocycles. The summed E-state index contributed by atoms with van der Waals surface area (Å²) in [5.74, 6) is 0. The highest BCUT2D eigenvalue weighted by molar-refractivity contribution is 6.28. The van der Waals surface area contributed by atoms with Crippen molar-refractivity contribution in [2.75, 3.05) is 0 Å². The highest BCUT2D eigenvalue weighted by Gasteiger charge is 2.17. The Balaban J connectivity index is 1.17. The van der Waals surface area contributed by atoms with Gasteiger partial charge in [0.1, 0.15) is 0 Å². The van der Waals surface area contributed by atoms with Crippen molar-refractivity contribution in [2.24, 2.45) is 0 Å². The van der Waals surface area contributed by atoms with E-state index in [0.717, 1.165) is 0 Å². The van der Waals surface area contributed by atoms with Crippen LogP contribution in [0.15, 0.2) is 182 Å². The van der Waals surface area contributed by atoms with Crippen LogP contribution in [0.1, 0.15) is 0 Å². The summed E-state index contributed by atoms with van der Waals surface area (Å²) in [5.41, 5.74) is 9.98. The molecule has 0 spiro atoms. The number of hydrogen-bond acceptors (Lipinski definition) is 0. The smallest absolute Gasteiger partial charge is 0.00143 e. The number of benzene rings is 10. The van der Waals surface area contributed by atoms with Crippen molar-refractivity contribution >= 4 is 53.9 Å². The fraction of sp³-hybridized carbons (Fsp3) is 0. The topological polar surface area (TPSA) is 0 Å². The molecule has 0 radical (unpaired) electrons. The summed E-state index contributed by atoms with van der Waals surface area (Å²) in [6.07, 6.45) is 0. The van der Waals surface area contributed by atoms with Gasteiger partial charge in [0.15, 0.2) is 0 Å². The van der Waals surface area contributed by atoms with Crippen LogP contribution in [0.3, 0.4) is 0 Å². The predicted molar refractivity (Wildman–Crippen MR) is 207 cm³/mol. The maximum atomic E-state index is 2.42. The van der Waals surface area contributed by atoms with Crippen molar-refractivity contribution in [2.45, 2.75) is 0 Å². The minimum Gasteiger partial charge on any atom is -0.0622 e. The Morgan fingerprint density at radius 3 is 1.48 bits per heavy atom. The summed E-state index contributed by atoms with van der Waals surface area (Å²) in [6.45, 7) is 0. The van der Waals surface area contributed by atoms with Crippen LogP contribution in [0, 0.1) is 0 Å². The van der Waals surface area contributed by atoms with Crippen LogP contribution < -0.4 is 0 Å². The van der Waals surface area contributed by atoms with E-state index >= 15 is 0 Å². The molecular weight excluding hydrogens is 577 g/mol. The zero-order valence-corrected chi connectivity index (χ0v) is 26.3. The van der Waals surface area contributed by atoms with E-state index in [1.807, 2.05) is 0 Å². The van der Waals surface area contributed by atoms with E-state index in [1.54, 1.807) is 0 Å². The van der Waals surface area contributed by atoms with E-state index < -0.39 is 0 Å². The lowest BCUT2D eigenvalue weighted by molar-refractivity contribution is 1.62. The van der Waals surface area contributed by atoms with E-state index in [4.69, 9.17) is 0 Å². The highest BCUT2D eigenvalue weighted by atomic mass is 14.2. The van der Waals surface area contributed by atoms with Gasteiger partial charge in [-0.3, -0.25) is 0 Å². The van der Waals surface area contributed by atoms with Gasteiger partial charge < -0.3 is 0 Å². The van der Waals surface area contributed by atoms with Crippen LogP contribution >= 0.6 is 0 Å². The zero-order valence-electron chi connectivity index (χ0n) is 26.3. The Labute approximate surface area is 279 Å². The summed E-state index contributed by atoms with van der Waals surface area (Å²) in [6, 6.07) is 67.1. The Morgan fingerprint density at radius 1 is 0.208 bits per heavy atom. The molecule has 0 aliphatic heterocycles. The highest BCUT2D eigenvalue weighted by Crippen LogP contribution is 2.45. The normalized spacial score (nSPS) is 11.8. The van der Waals surface area contributed by atoms with Crippen LogP contribution in [-0.4, -0.2) is 0 Å². The van der Waals surface area contributed by atoms with E-state index in [1.165, 1.54) is 98.4 Å². The van der Waals surface area contributed by atoms with Gasteiger partial charge in [0.05, 0.1) is 0 Å². The van der Waals surface area contributed by atoms with Crippen molar-refractivity contribution in [3.05, 3.63) is 182 Å². The first kappa shape index (κ1) is 26.9. The molecule has 222 valence electrons. The first-order valence-electron chi connectivity index (χ1n) is 16.7. The third kappa shape index (κ3) is 4.24. The van der Waals surface area contributed by atoms with Crippen LogP contribution in [-0.2, 0) is 0 Å². The summed E-state index contributed by atoms with van der Waals surface area (Å²) in [4.78, 5) is 0. The maximum absolute atomic E-state index is 2.42. The molecule has 48 heavy (non-hydrogen) atoms. The van der Waals surface area contributed by atoms with E-state index in [9.17, 15) is 0 Å². The first-order valence-corrected chi connectivity index (χ1v) is 16.7. The van der Waals surface area contributed by atoms with E-state index in [2.05, 4.69) is 182 Å². The standard InChI is InChI=1S/C48H30/c1-2-8-31(9-3-1)37-20-21-39-29-40(23-22-38(39)28-37)46-30-45(43-26-24-35-12-6-13-36-25-27-44(46)48(43)47(35)36)34-18-16-33(17-19-34)42-15-7-11-32-10-4-5-14-41(32)42/h1-30H. The summed E-state index contributed by atoms with van der Waals surface area (Å²) < 4.78 is 0. The van der Waals surface area contributed by atoms with Crippen molar-refractivity contribution in [1.29, 1.82) is 0 Å². The molecule has 0 atom stereocenters. The van der Waals surface area contributed by atoms with Crippen molar-refractivity contribution in [3.8, 4) is 44.5 Å². The van der Waals surface area contributed by atoms with E-state index in [-0.39, 0.29) is 0 Å². The van der Waals surface area contributed by atoms with Crippen molar-refractivity contribution in [3.63, 3.8) is 0 Å². The largest absolute Gasteiger partial charge is 0.0622 e. The molecule has 0 saturated heterocycles. The quantitative estimate of drug-likeness (QED) is 0.175. The van der Waals surface area contributed by atoms with Crippen LogP contribution in [0.5, 0.6) is 0 Å². The van der Waals surface area contributed by atoms with Crippen LogP contribution in [0.25, 0.3) is 98.4 Å². The molecule has 0 fully saturated rings. The maximum Gasteiger partial charge on any atom is -0.00143 e. The molecule has 0 amide bonds. The summed E-state index contributed by atoms with van der Waals surface area (Å²) in [7, 11) is 0. The molecule has 10 aromatic carbocycles. The second-order valence-electron chi connectivity index (χ2n) is 12.9. The first-order chi connectivity index (χ1) is 23.8. The average Bonchev–Trinajstić information content (AvgIpc) is 3.16. The molecule has 0 N–H and O–H groups in total. The molecule has 0 aromatic heterocycles. The van der Waals surface area contributed by atoms with Gasteiger partial charge in [0.25, 0.3) is 0 Å². The Hall–Kier alpha value is -6.24. The molecule has 0 bridgehead atoms. The van der Waals surface area contributed by atoms with E-state index in [0.29, 0.717) is 0 Å². The summed E-state index contributed by atoms with van der Waals surface area (Å²) >= 11 is 0. The third-order valence-electron chi connectivity index (χ3n) is 10.2. The lowest BCUT2D eigenvalue weighted by atomic mass is 9.85. The van der Waals surface area contributed by atoms with Crippen LogP contribution in [0.4, 0.5) is 0 Å². The Bertz CT molecular complexity index is 2780. The molecule has 0 heterocycles. The van der Waals surface area contributed by atoms with Crippen molar-refractivity contribution < 1.29 is 0 Å². The molecule has 0 nitrogen and oxygen atoms in total. The van der Waals surface area contributed by atoms with Gasteiger partial charge >= 0.3 is 0 Å². The molecule has 0 aliphatic rings. The summed E-state index contributed by atoms with van der Waals surface area (Å²) in [5, 5.41) is 12.9. The van der Waals surface area contributed by atoms with Crippen molar-refractivity contribution in [1.82, 2.24) is 0 Å². The fourth-order valence-corrected chi connectivity index (χ4v) is 7.84. The Kier molecular flexibility index (Phi) is 5.98. The monoisotopic (exact) mass is 606 g/mol. The minimum atomic E-state index is 1.23. The second kappa shape index (κ2) is 10.7. The second-order valence-corrected chi connectivity index (χ2v) is 12.9. The number of rotatable bonds is 4. The number of hydrogen-bond donors (Lipinski definition) is 0. The van der Waals surface area contributed by atoms with Gasteiger partial charge in [-0.2, -0.15) is 0 Å². The van der Waals surface area contributed by atoms with Gasteiger partial charge in [-0.15, -0.1) is 0 Å². The molecular formula is C48H30. The zero-order chi connectivity index (χ0) is 31.6. The predicted octanol–water partition coefficient (Wildman–Crippen LogP) is 13.6. The van der Waals surface area contributed by atoms with Crippen LogP contribution in [0.2, 0.25) is 0 Å². The number of fused-ring (bicyclic) bond motifs is 2. The van der Waals surface area contributed by atoms with Gasteiger partial charge in [-0.1, -0.05) is 164 Å². The molecule has 10 aromatic rings. The third-order valence-corrected chi connectivity index (χ3v) is 10.2.